The smallest absolute Gasteiger partial charge is 0.354 e. The average Bonchev–Trinajstić information content (AvgIpc) is 3.01. The third-order valence-electron chi connectivity index (χ3n) is 6.34. The molecular weight excluding hydrogens is 462 g/mol. The number of hydrogen-bond acceptors (Lipinski definition) is 4. The van der Waals surface area contributed by atoms with Crippen LogP contribution in [0.5, 0.6) is 0 Å². The number of unbranched alkanes of at least 4 members (excludes halogenated alkanes) is 12. The molecule has 3 amide bonds. The standard InChI is InChI=1S/C24H44FN2O6P/c1-20-19-23(29)27(24(20)30)18-17-26-22(28)16-14-12-10-8-6-4-2-3-5-7-9-11-13-15-21(25)34(31,32)33/h20-21H,2-19H2,1H3,(H,26,28)(H2,31,32,33). The summed E-state index contributed by atoms with van der Waals surface area (Å²) in [4.78, 5) is 54.0. The molecule has 0 bridgehead atoms. The molecule has 8 nitrogen and oxygen atoms in total. The van der Waals surface area contributed by atoms with Gasteiger partial charge in [-0.05, 0) is 19.3 Å². The molecular formula is C24H44FN2O6P. The Kier molecular flexibility index (Phi) is 15.5. The van der Waals surface area contributed by atoms with Crippen molar-refractivity contribution in [3.8, 4) is 0 Å². The van der Waals surface area contributed by atoms with Gasteiger partial charge in [-0.3, -0.25) is 23.8 Å². The fraction of sp³-hybridized carbons (Fsp3) is 0.875. The highest BCUT2D eigenvalue weighted by molar-refractivity contribution is 7.52. The summed E-state index contributed by atoms with van der Waals surface area (Å²) in [5, 5.41) is 2.79. The van der Waals surface area contributed by atoms with E-state index in [1.165, 1.54) is 37.0 Å². The van der Waals surface area contributed by atoms with Crippen LogP contribution >= 0.6 is 7.60 Å². The summed E-state index contributed by atoms with van der Waals surface area (Å²) in [5.41, 5.74) is 0. The Morgan fingerprint density at radius 2 is 1.44 bits per heavy atom. The molecule has 0 aromatic heterocycles. The number of amides is 3. The van der Waals surface area contributed by atoms with E-state index in [1.807, 2.05) is 0 Å². The van der Waals surface area contributed by atoms with Crippen LogP contribution < -0.4 is 5.32 Å². The van der Waals surface area contributed by atoms with E-state index in [4.69, 9.17) is 9.79 Å². The molecule has 1 aliphatic heterocycles. The quantitative estimate of drug-likeness (QED) is 0.124. The average molecular weight is 507 g/mol. The van der Waals surface area contributed by atoms with Crippen molar-refractivity contribution in [2.75, 3.05) is 13.1 Å². The predicted octanol–water partition coefficient (Wildman–Crippen LogP) is 4.82. The fourth-order valence-electron chi connectivity index (χ4n) is 4.19. The first-order valence-electron chi connectivity index (χ1n) is 12.9. The Morgan fingerprint density at radius 3 is 1.88 bits per heavy atom. The van der Waals surface area contributed by atoms with Gasteiger partial charge >= 0.3 is 7.60 Å². The summed E-state index contributed by atoms with van der Waals surface area (Å²) in [6.07, 6.45) is 14.2. The number of alkyl halides is 1. The topological polar surface area (TPSA) is 124 Å². The monoisotopic (exact) mass is 506 g/mol. The second-order valence-electron chi connectivity index (χ2n) is 9.50. The summed E-state index contributed by atoms with van der Waals surface area (Å²) < 4.78 is 23.8. The van der Waals surface area contributed by atoms with Crippen molar-refractivity contribution >= 4 is 25.3 Å². The maximum Gasteiger partial charge on any atom is 0.359 e. The molecule has 198 valence electrons. The van der Waals surface area contributed by atoms with E-state index in [0.717, 1.165) is 44.9 Å². The normalized spacial score (nSPS) is 17.4. The lowest BCUT2D eigenvalue weighted by Crippen LogP contribution is -2.38. The molecule has 0 radical (unpaired) electrons. The van der Waals surface area contributed by atoms with Gasteiger partial charge in [0, 0.05) is 31.8 Å². The van der Waals surface area contributed by atoms with Crippen molar-refractivity contribution in [2.24, 2.45) is 5.92 Å². The second kappa shape index (κ2) is 17.2. The summed E-state index contributed by atoms with van der Waals surface area (Å²) in [6.45, 7) is 2.32. The highest BCUT2D eigenvalue weighted by Gasteiger charge is 2.34. The minimum Gasteiger partial charge on any atom is -0.354 e. The van der Waals surface area contributed by atoms with Gasteiger partial charge in [0.15, 0.2) is 0 Å². The molecule has 1 saturated heterocycles. The first kappa shape index (κ1) is 30.7. The summed E-state index contributed by atoms with van der Waals surface area (Å²) in [7, 11) is -4.57. The summed E-state index contributed by atoms with van der Waals surface area (Å²) >= 11 is 0. The molecule has 10 heteroatoms. The van der Waals surface area contributed by atoms with Gasteiger partial charge in [0.1, 0.15) is 0 Å². The van der Waals surface area contributed by atoms with E-state index < -0.39 is 13.5 Å². The maximum absolute atomic E-state index is 13.1. The van der Waals surface area contributed by atoms with Gasteiger partial charge in [0.05, 0.1) is 0 Å². The summed E-state index contributed by atoms with van der Waals surface area (Å²) in [6, 6.07) is 0. The van der Waals surface area contributed by atoms with Gasteiger partial charge in [-0.1, -0.05) is 77.6 Å². The van der Waals surface area contributed by atoms with Gasteiger partial charge in [-0.15, -0.1) is 0 Å². The molecule has 0 aromatic rings. The van der Waals surface area contributed by atoms with Crippen molar-refractivity contribution in [3.63, 3.8) is 0 Å². The molecule has 3 N–H and O–H groups in total. The molecule has 2 atom stereocenters. The molecule has 1 rings (SSSR count). The van der Waals surface area contributed by atoms with Crippen molar-refractivity contribution in [2.45, 2.75) is 116 Å². The number of hydrogen-bond donors (Lipinski definition) is 3. The Labute approximate surface area is 203 Å². The molecule has 34 heavy (non-hydrogen) atoms. The predicted molar refractivity (Wildman–Crippen MR) is 130 cm³/mol. The van der Waals surface area contributed by atoms with Crippen LogP contribution in [0.3, 0.4) is 0 Å². The van der Waals surface area contributed by atoms with Crippen LogP contribution in [-0.2, 0) is 18.9 Å². The van der Waals surface area contributed by atoms with E-state index in [0.29, 0.717) is 19.4 Å². The molecule has 2 unspecified atom stereocenters. The fourth-order valence-corrected chi connectivity index (χ4v) is 4.71. The van der Waals surface area contributed by atoms with Crippen molar-refractivity contribution < 1.29 is 33.1 Å². The van der Waals surface area contributed by atoms with Crippen LogP contribution in [0.2, 0.25) is 0 Å². The number of nitrogens with zero attached hydrogens (tertiary/aromatic N) is 1. The van der Waals surface area contributed by atoms with Crippen LogP contribution in [0.4, 0.5) is 4.39 Å². The second-order valence-corrected chi connectivity index (χ2v) is 11.2. The van der Waals surface area contributed by atoms with Crippen LogP contribution in [0.15, 0.2) is 0 Å². The lowest BCUT2D eigenvalue weighted by atomic mass is 10.0. The van der Waals surface area contributed by atoms with E-state index in [9.17, 15) is 23.3 Å². The zero-order chi connectivity index (χ0) is 25.4. The zero-order valence-corrected chi connectivity index (χ0v) is 21.6. The first-order valence-corrected chi connectivity index (χ1v) is 14.6. The molecule has 1 fully saturated rings. The van der Waals surface area contributed by atoms with Crippen molar-refractivity contribution in [1.82, 2.24) is 10.2 Å². The van der Waals surface area contributed by atoms with E-state index in [-0.39, 0.29) is 43.0 Å². The summed E-state index contributed by atoms with van der Waals surface area (Å²) in [5.74, 6) is -2.59. The Hall–Kier alpha value is -1.31. The maximum atomic E-state index is 13.1. The molecule has 0 spiro atoms. The third kappa shape index (κ3) is 13.5. The number of carbonyl (C=O) groups is 3. The molecule has 1 aliphatic rings. The number of carbonyl (C=O) groups excluding carboxylic acids is 3. The van der Waals surface area contributed by atoms with Crippen molar-refractivity contribution in [3.05, 3.63) is 0 Å². The lowest BCUT2D eigenvalue weighted by molar-refractivity contribution is -0.139. The minimum absolute atomic E-state index is 0.0292. The van der Waals surface area contributed by atoms with Gasteiger partial charge in [-0.2, -0.15) is 0 Å². The first-order chi connectivity index (χ1) is 16.1. The molecule has 0 aliphatic carbocycles. The minimum atomic E-state index is -4.57. The Morgan fingerprint density at radius 1 is 0.971 bits per heavy atom. The van der Waals surface area contributed by atoms with E-state index in [1.54, 1.807) is 6.92 Å². The zero-order valence-electron chi connectivity index (χ0n) is 20.7. The number of nitrogens with one attached hydrogen (secondary N) is 1. The lowest BCUT2D eigenvalue weighted by Gasteiger charge is -2.14. The van der Waals surface area contributed by atoms with Gasteiger partial charge in [0.2, 0.25) is 23.6 Å². The van der Waals surface area contributed by atoms with E-state index in [2.05, 4.69) is 5.32 Å². The van der Waals surface area contributed by atoms with Gasteiger partial charge in [0.25, 0.3) is 0 Å². The van der Waals surface area contributed by atoms with Crippen LogP contribution in [0.25, 0.3) is 0 Å². The number of rotatable bonds is 20. The highest BCUT2D eigenvalue weighted by atomic mass is 31.2. The molecule has 1 heterocycles. The third-order valence-corrected chi connectivity index (χ3v) is 7.33. The Bertz CT molecular complexity index is 672. The highest BCUT2D eigenvalue weighted by Crippen LogP contribution is 2.44. The number of likely N-dealkylation sites (tertiary alicyclic amines) is 1. The van der Waals surface area contributed by atoms with E-state index >= 15 is 0 Å². The van der Waals surface area contributed by atoms with Gasteiger partial charge in [-0.25, -0.2) is 4.39 Å². The Balaban J connectivity index is 1.82. The van der Waals surface area contributed by atoms with Crippen molar-refractivity contribution in [1.29, 1.82) is 0 Å². The van der Waals surface area contributed by atoms with Gasteiger partial charge < -0.3 is 15.1 Å². The molecule has 0 saturated carbocycles. The van der Waals surface area contributed by atoms with Crippen LogP contribution in [0.1, 0.15) is 110 Å². The SMILES string of the molecule is CC1CC(=O)N(CCNC(=O)CCCCCCCCCCCCCCCC(F)P(=O)(O)O)C1=O. The largest absolute Gasteiger partial charge is 0.359 e. The molecule has 0 aromatic carbocycles. The van der Waals surface area contributed by atoms with Crippen LogP contribution in [0, 0.1) is 5.92 Å². The number of halogens is 1. The van der Waals surface area contributed by atoms with Crippen LogP contribution in [-0.4, -0.2) is 51.4 Å². The number of imide groups is 1.